The molecule has 1 unspecified atom stereocenters. The molecule has 0 aromatic rings. The van der Waals surface area contributed by atoms with Gasteiger partial charge < -0.3 is 4.74 Å². The van der Waals surface area contributed by atoms with Crippen molar-refractivity contribution in [3.8, 4) is 0 Å². The highest BCUT2D eigenvalue weighted by molar-refractivity contribution is 5.58. The van der Waals surface area contributed by atoms with Crippen molar-refractivity contribution in [2.24, 2.45) is 0 Å². The van der Waals surface area contributed by atoms with Gasteiger partial charge in [0.2, 0.25) is 5.60 Å². The standard InChI is InChI=1S/C8H6O/c1-2-6-3-4-7-8(6,5-1)9-7/h1-2,4-5H,3H2. The molecule has 9 heavy (non-hydrogen) atoms. The third-order valence-electron chi connectivity index (χ3n) is 2.21. The minimum Gasteiger partial charge on any atom is -0.470 e. The van der Waals surface area contributed by atoms with Crippen LogP contribution in [0.25, 0.3) is 0 Å². The highest BCUT2D eigenvalue weighted by Crippen LogP contribution is 2.56. The fourth-order valence-electron chi connectivity index (χ4n) is 1.63. The fraction of sp³-hybridized carbons (Fsp3) is 0.250. The molecule has 2 aliphatic carbocycles. The molecule has 1 nitrogen and oxygen atoms in total. The third-order valence-corrected chi connectivity index (χ3v) is 2.21. The van der Waals surface area contributed by atoms with Crippen molar-refractivity contribution in [3.63, 3.8) is 0 Å². The smallest absolute Gasteiger partial charge is 0.205 e. The lowest BCUT2D eigenvalue weighted by atomic mass is 10.1. The number of epoxide rings is 1. The molecule has 44 valence electrons. The minimum atomic E-state index is 0.0139. The summed E-state index contributed by atoms with van der Waals surface area (Å²) in [5, 5.41) is 0. The van der Waals surface area contributed by atoms with Gasteiger partial charge >= 0.3 is 0 Å². The summed E-state index contributed by atoms with van der Waals surface area (Å²) >= 11 is 0. The predicted octanol–water partition coefficient (Wildman–Crippen LogP) is 1.54. The summed E-state index contributed by atoms with van der Waals surface area (Å²) in [6.45, 7) is 0. The number of ether oxygens (including phenoxy) is 1. The van der Waals surface area contributed by atoms with Gasteiger partial charge in [-0.3, -0.25) is 0 Å². The molecule has 1 fully saturated rings. The Morgan fingerprint density at radius 1 is 1.56 bits per heavy atom. The van der Waals surface area contributed by atoms with Gasteiger partial charge in [0.15, 0.2) is 0 Å². The first-order valence-electron chi connectivity index (χ1n) is 3.20. The number of hydrogen-bond acceptors (Lipinski definition) is 1. The minimum absolute atomic E-state index is 0.0139. The van der Waals surface area contributed by atoms with Crippen LogP contribution in [0.3, 0.4) is 0 Å². The molecule has 1 heteroatoms. The number of hydrogen-bond donors (Lipinski definition) is 0. The lowest BCUT2D eigenvalue weighted by Gasteiger charge is -1.97. The lowest BCUT2D eigenvalue weighted by molar-refractivity contribution is 0.390. The molecule has 1 aliphatic heterocycles. The van der Waals surface area contributed by atoms with E-state index in [1.807, 2.05) is 0 Å². The van der Waals surface area contributed by atoms with Gasteiger partial charge in [-0.2, -0.15) is 0 Å². The van der Waals surface area contributed by atoms with Gasteiger partial charge in [0, 0.05) is 0 Å². The summed E-state index contributed by atoms with van der Waals surface area (Å²) in [6.07, 6.45) is 9.62. The average molecular weight is 118 g/mol. The van der Waals surface area contributed by atoms with Crippen LogP contribution in [0.15, 0.2) is 35.6 Å². The Hall–Kier alpha value is -0.980. The van der Waals surface area contributed by atoms with E-state index in [0.717, 1.165) is 6.42 Å². The van der Waals surface area contributed by atoms with E-state index in [9.17, 15) is 0 Å². The maximum atomic E-state index is 5.37. The van der Waals surface area contributed by atoms with E-state index in [0.29, 0.717) is 0 Å². The van der Waals surface area contributed by atoms with Crippen molar-refractivity contribution in [1.29, 1.82) is 0 Å². The highest BCUT2D eigenvalue weighted by Gasteiger charge is 2.57. The van der Waals surface area contributed by atoms with Crippen LogP contribution < -0.4 is 0 Å². The van der Waals surface area contributed by atoms with Gasteiger partial charge in [-0.1, -0.05) is 12.2 Å². The van der Waals surface area contributed by atoms with E-state index in [4.69, 9.17) is 4.74 Å². The van der Waals surface area contributed by atoms with E-state index in [2.05, 4.69) is 24.3 Å². The second-order valence-corrected chi connectivity index (χ2v) is 2.66. The van der Waals surface area contributed by atoms with Crippen LogP contribution in [0.5, 0.6) is 0 Å². The molecule has 1 saturated heterocycles. The summed E-state index contributed by atoms with van der Waals surface area (Å²) in [5.74, 6) is 1.17. The molecule has 0 saturated carbocycles. The third kappa shape index (κ3) is 0.261. The molecule has 1 spiro atoms. The Bertz CT molecular complexity index is 270. The summed E-state index contributed by atoms with van der Waals surface area (Å²) in [5.41, 5.74) is 1.43. The van der Waals surface area contributed by atoms with Crippen LogP contribution in [0.4, 0.5) is 0 Å². The van der Waals surface area contributed by atoms with Crippen molar-refractivity contribution >= 4 is 0 Å². The molecule has 0 aromatic carbocycles. The normalized spacial score (nSPS) is 40.9. The summed E-state index contributed by atoms with van der Waals surface area (Å²) in [6, 6.07) is 0. The van der Waals surface area contributed by atoms with E-state index in [-0.39, 0.29) is 5.60 Å². The van der Waals surface area contributed by atoms with E-state index in [1.54, 1.807) is 0 Å². The Kier molecular flexibility index (Phi) is 0.384. The zero-order chi connectivity index (χ0) is 5.90. The van der Waals surface area contributed by atoms with Gasteiger partial charge in [0.1, 0.15) is 5.76 Å². The second kappa shape index (κ2) is 0.878. The Balaban J connectivity index is 2.31. The molecule has 3 rings (SSSR count). The van der Waals surface area contributed by atoms with Crippen molar-refractivity contribution in [2.75, 3.05) is 0 Å². The van der Waals surface area contributed by atoms with E-state index in [1.165, 1.54) is 11.3 Å². The van der Waals surface area contributed by atoms with Crippen LogP contribution in [-0.4, -0.2) is 5.60 Å². The first kappa shape index (κ1) is 3.94. The number of rotatable bonds is 0. The molecule has 3 aliphatic rings. The molecule has 0 aromatic heterocycles. The van der Waals surface area contributed by atoms with Crippen molar-refractivity contribution in [1.82, 2.24) is 0 Å². The van der Waals surface area contributed by atoms with Crippen LogP contribution in [0, 0.1) is 0 Å². The van der Waals surface area contributed by atoms with E-state index >= 15 is 0 Å². The zero-order valence-corrected chi connectivity index (χ0v) is 4.92. The van der Waals surface area contributed by atoms with Gasteiger partial charge in [-0.25, -0.2) is 0 Å². The fourth-order valence-corrected chi connectivity index (χ4v) is 1.63. The van der Waals surface area contributed by atoms with Crippen molar-refractivity contribution < 1.29 is 4.74 Å². The monoisotopic (exact) mass is 118 g/mol. The highest BCUT2D eigenvalue weighted by atomic mass is 16.6. The quantitative estimate of drug-likeness (QED) is 0.439. The first-order valence-corrected chi connectivity index (χ1v) is 3.20. The van der Waals surface area contributed by atoms with Crippen molar-refractivity contribution in [2.45, 2.75) is 12.0 Å². The predicted molar refractivity (Wildman–Crippen MR) is 33.7 cm³/mol. The zero-order valence-electron chi connectivity index (χ0n) is 4.92. The molecule has 0 radical (unpaired) electrons. The van der Waals surface area contributed by atoms with Gasteiger partial charge in [0.25, 0.3) is 0 Å². The maximum Gasteiger partial charge on any atom is 0.205 e. The van der Waals surface area contributed by atoms with Gasteiger partial charge in [-0.15, -0.1) is 0 Å². The molecular formula is C8H6O. The van der Waals surface area contributed by atoms with Gasteiger partial charge in [0.05, 0.1) is 0 Å². The van der Waals surface area contributed by atoms with Crippen molar-refractivity contribution in [3.05, 3.63) is 35.6 Å². The Morgan fingerprint density at radius 3 is 3.33 bits per heavy atom. The summed E-state index contributed by atoms with van der Waals surface area (Å²) in [4.78, 5) is 0. The SMILES string of the molecule is C1=CC23OC2=CCC3=C1. The average Bonchev–Trinajstić information content (AvgIpc) is 2.30. The molecule has 0 bridgehead atoms. The molecule has 0 N–H and O–H groups in total. The summed E-state index contributed by atoms with van der Waals surface area (Å²) in [7, 11) is 0. The van der Waals surface area contributed by atoms with E-state index < -0.39 is 0 Å². The molecular weight excluding hydrogens is 112 g/mol. The maximum absolute atomic E-state index is 5.37. The Labute approximate surface area is 53.3 Å². The number of allylic oxidation sites excluding steroid dienone is 3. The topological polar surface area (TPSA) is 12.5 Å². The first-order chi connectivity index (χ1) is 4.42. The van der Waals surface area contributed by atoms with Crippen LogP contribution in [0.2, 0.25) is 0 Å². The van der Waals surface area contributed by atoms with Crippen LogP contribution in [0.1, 0.15) is 6.42 Å². The lowest BCUT2D eigenvalue weighted by Crippen LogP contribution is -2.01. The Morgan fingerprint density at radius 2 is 2.56 bits per heavy atom. The largest absolute Gasteiger partial charge is 0.470 e. The molecule has 1 atom stereocenters. The van der Waals surface area contributed by atoms with Crippen LogP contribution >= 0.6 is 0 Å². The molecule has 0 amide bonds. The second-order valence-electron chi connectivity index (χ2n) is 2.66. The van der Waals surface area contributed by atoms with Crippen LogP contribution in [-0.2, 0) is 4.74 Å². The summed E-state index contributed by atoms with van der Waals surface area (Å²) < 4.78 is 5.37. The van der Waals surface area contributed by atoms with Gasteiger partial charge in [-0.05, 0) is 24.1 Å². The molecule has 1 heterocycles.